The third-order valence-electron chi connectivity index (χ3n) is 4.88. The minimum Gasteiger partial charge on any atom is -0.369 e. The Kier molecular flexibility index (Phi) is 4.89. The third kappa shape index (κ3) is 3.13. The highest BCUT2D eigenvalue weighted by molar-refractivity contribution is 6.52. The first-order valence-electron chi connectivity index (χ1n) is 8.33. The van der Waals surface area contributed by atoms with E-state index in [9.17, 15) is 0 Å². The van der Waals surface area contributed by atoms with Gasteiger partial charge in [0.05, 0.1) is 31.5 Å². The molecule has 0 atom stereocenters. The zero-order valence-corrected chi connectivity index (χ0v) is 17.4. The third-order valence-corrected chi connectivity index (χ3v) is 6.62. The molecule has 0 saturated carbocycles. The average molecular weight is 439 g/mol. The van der Waals surface area contributed by atoms with Crippen LogP contribution in [0.15, 0.2) is 41.4 Å². The summed E-state index contributed by atoms with van der Waals surface area (Å²) in [6, 6.07) is 12.1. The number of nitrogens with zero attached hydrogens (tertiary/aromatic N) is 2. The van der Waals surface area contributed by atoms with Gasteiger partial charge >= 0.3 is 0 Å². The molecule has 3 aromatic carbocycles. The summed E-state index contributed by atoms with van der Waals surface area (Å²) in [7, 11) is 1.76. The fourth-order valence-electron chi connectivity index (χ4n) is 3.48. The number of anilines is 1. The van der Waals surface area contributed by atoms with Gasteiger partial charge in [0.15, 0.2) is 0 Å². The molecular formula is C20H15Cl4N3. The molecule has 27 heavy (non-hydrogen) atoms. The van der Waals surface area contributed by atoms with E-state index in [0.717, 1.165) is 18.5 Å². The molecule has 4 rings (SSSR count). The Morgan fingerprint density at radius 1 is 1.00 bits per heavy atom. The summed E-state index contributed by atoms with van der Waals surface area (Å²) in [5, 5.41) is 3.49. The average Bonchev–Trinajstić information content (AvgIpc) is 3.10. The minimum absolute atomic E-state index is 0.189. The highest BCUT2D eigenvalue weighted by Gasteiger charge is 2.20. The number of rotatable bonds is 2. The number of halogens is 4. The van der Waals surface area contributed by atoms with Crippen molar-refractivity contribution in [3.8, 4) is 0 Å². The standard InChI is InChI=1S/C20H15Cl4N3/c1-27(15-9-13(21)17(22)19(24)18(15)23)20(25)26-14-8-6-11-4-2-3-10-5-7-12(14)16(10)11/h2-4,6,8-9H,5,7H2,1H3,(H2,25,26). The van der Waals surface area contributed by atoms with E-state index in [-0.39, 0.29) is 21.0 Å². The van der Waals surface area contributed by atoms with Crippen LogP contribution in [0.25, 0.3) is 10.8 Å². The van der Waals surface area contributed by atoms with Crippen LogP contribution in [0, 0.1) is 0 Å². The maximum atomic E-state index is 6.33. The number of benzene rings is 3. The van der Waals surface area contributed by atoms with Crippen LogP contribution >= 0.6 is 46.4 Å². The van der Waals surface area contributed by atoms with E-state index in [1.165, 1.54) is 21.9 Å². The molecule has 3 nitrogen and oxygen atoms in total. The van der Waals surface area contributed by atoms with Crippen LogP contribution < -0.4 is 10.6 Å². The maximum absolute atomic E-state index is 6.33. The van der Waals surface area contributed by atoms with E-state index in [2.05, 4.69) is 29.3 Å². The zero-order chi connectivity index (χ0) is 19.3. The summed E-state index contributed by atoms with van der Waals surface area (Å²) in [4.78, 5) is 6.30. The van der Waals surface area contributed by atoms with E-state index >= 15 is 0 Å². The molecule has 7 heteroatoms. The van der Waals surface area contributed by atoms with E-state index < -0.39 is 0 Å². The monoisotopic (exact) mass is 437 g/mol. The molecule has 0 fully saturated rings. The van der Waals surface area contributed by atoms with E-state index in [0.29, 0.717) is 10.7 Å². The first-order chi connectivity index (χ1) is 12.9. The lowest BCUT2D eigenvalue weighted by Gasteiger charge is -2.21. The second kappa shape index (κ2) is 7.06. The fourth-order valence-corrected chi connectivity index (χ4v) is 4.39. The molecule has 1 aliphatic rings. The van der Waals surface area contributed by atoms with Gasteiger partial charge in [0.2, 0.25) is 5.96 Å². The van der Waals surface area contributed by atoms with Crippen molar-refractivity contribution in [2.75, 3.05) is 11.9 Å². The van der Waals surface area contributed by atoms with Gasteiger partial charge in [-0.25, -0.2) is 4.99 Å². The van der Waals surface area contributed by atoms with E-state index in [1.54, 1.807) is 18.0 Å². The summed E-state index contributed by atoms with van der Waals surface area (Å²) in [5.74, 6) is 0.284. The number of hydrogen-bond acceptors (Lipinski definition) is 1. The Labute approximate surface area is 177 Å². The summed E-state index contributed by atoms with van der Waals surface area (Å²) in [5.41, 5.74) is 10.2. The van der Waals surface area contributed by atoms with E-state index in [1.807, 2.05) is 6.07 Å². The van der Waals surface area contributed by atoms with Crippen molar-refractivity contribution in [1.29, 1.82) is 0 Å². The highest BCUT2D eigenvalue weighted by atomic mass is 35.5. The van der Waals surface area contributed by atoms with Gasteiger partial charge in [0, 0.05) is 7.05 Å². The fraction of sp³-hybridized carbons (Fsp3) is 0.150. The molecule has 0 aliphatic heterocycles. The van der Waals surface area contributed by atoms with Crippen LogP contribution in [0.4, 0.5) is 11.4 Å². The minimum atomic E-state index is 0.189. The second-order valence-electron chi connectivity index (χ2n) is 6.43. The highest BCUT2D eigenvalue weighted by Crippen LogP contribution is 2.42. The van der Waals surface area contributed by atoms with Gasteiger partial charge in [0.25, 0.3) is 0 Å². The van der Waals surface area contributed by atoms with Crippen molar-refractivity contribution in [1.82, 2.24) is 0 Å². The number of aliphatic imine (C=N–C) groups is 1. The summed E-state index contributed by atoms with van der Waals surface area (Å²) in [6.07, 6.45) is 1.97. The maximum Gasteiger partial charge on any atom is 0.200 e. The van der Waals surface area contributed by atoms with Crippen molar-refractivity contribution >= 4 is 74.5 Å². The summed E-state index contributed by atoms with van der Waals surface area (Å²) < 4.78 is 0. The van der Waals surface area contributed by atoms with Crippen molar-refractivity contribution in [2.24, 2.45) is 10.7 Å². The molecule has 0 saturated heterocycles. The van der Waals surface area contributed by atoms with Gasteiger partial charge < -0.3 is 10.6 Å². The van der Waals surface area contributed by atoms with Gasteiger partial charge in [-0.15, -0.1) is 0 Å². The molecule has 0 heterocycles. The first kappa shape index (κ1) is 18.7. The Bertz CT molecular complexity index is 1110. The Morgan fingerprint density at radius 2 is 1.78 bits per heavy atom. The smallest absolute Gasteiger partial charge is 0.200 e. The molecule has 0 amide bonds. The second-order valence-corrected chi connectivity index (χ2v) is 7.97. The van der Waals surface area contributed by atoms with Gasteiger partial charge in [-0.2, -0.15) is 0 Å². The van der Waals surface area contributed by atoms with Crippen molar-refractivity contribution in [2.45, 2.75) is 12.8 Å². The van der Waals surface area contributed by atoms with E-state index in [4.69, 9.17) is 52.1 Å². The number of aryl methyl sites for hydroxylation is 2. The molecule has 0 spiro atoms. The predicted molar refractivity (Wildman–Crippen MR) is 118 cm³/mol. The molecule has 3 aromatic rings. The predicted octanol–water partition coefficient (Wildman–Crippen LogP) is 6.63. The number of guanidine groups is 1. The zero-order valence-electron chi connectivity index (χ0n) is 14.4. The summed E-state index contributed by atoms with van der Waals surface area (Å²) in [6.45, 7) is 0. The van der Waals surface area contributed by atoms with Gasteiger partial charge in [0.1, 0.15) is 0 Å². The topological polar surface area (TPSA) is 41.6 Å². The van der Waals surface area contributed by atoms with Crippen molar-refractivity contribution < 1.29 is 0 Å². The van der Waals surface area contributed by atoms with Crippen LogP contribution in [-0.4, -0.2) is 13.0 Å². The Hall–Kier alpha value is -1.65. The number of nitrogens with two attached hydrogens (primary N) is 1. The molecule has 0 radical (unpaired) electrons. The van der Waals surface area contributed by atoms with Crippen LogP contribution in [0.3, 0.4) is 0 Å². The lowest BCUT2D eigenvalue weighted by molar-refractivity contribution is 1.02. The van der Waals surface area contributed by atoms with Gasteiger partial charge in [-0.1, -0.05) is 70.7 Å². The normalized spacial score (nSPS) is 13.4. The van der Waals surface area contributed by atoms with Crippen molar-refractivity contribution in [3.63, 3.8) is 0 Å². The van der Waals surface area contributed by atoms with Gasteiger partial charge in [-0.05, 0) is 46.9 Å². The molecule has 0 bridgehead atoms. The molecule has 1 aliphatic carbocycles. The SMILES string of the molecule is CN(C(N)=Nc1ccc2cccc3c2c1CC3)c1cc(Cl)c(Cl)c(Cl)c1Cl. The molecule has 0 unspecified atom stereocenters. The largest absolute Gasteiger partial charge is 0.369 e. The van der Waals surface area contributed by atoms with Crippen LogP contribution in [0.2, 0.25) is 20.1 Å². The molecule has 138 valence electrons. The van der Waals surface area contributed by atoms with Crippen LogP contribution in [-0.2, 0) is 12.8 Å². The van der Waals surface area contributed by atoms with Crippen molar-refractivity contribution in [3.05, 3.63) is 67.6 Å². The Balaban J connectivity index is 1.77. The molecular weight excluding hydrogens is 424 g/mol. The quantitative estimate of drug-likeness (QED) is 0.211. The lowest BCUT2D eigenvalue weighted by atomic mass is 10.0. The number of hydrogen-bond donors (Lipinski definition) is 1. The van der Waals surface area contributed by atoms with Gasteiger partial charge in [-0.3, -0.25) is 0 Å². The summed E-state index contributed by atoms with van der Waals surface area (Å²) >= 11 is 24.7. The molecule has 2 N–H and O–H groups in total. The first-order valence-corrected chi connectivity index (χ1v) is 9.84. The van der Waals surface area contributed by atoms with Crippen LogP contribution in [0.1, 0.15) is 11.1 Å². The lowest BCUT2D eigenvalue weighted by Crippen LogP contribution is -2.34. The van der Waals surface area contributed by atoms with Crippen LogP contribution in [0.5, 0.6) is 0 Å². The molecule has 0 aromatic heterocycles. The Morgan fingerprint density at radius 3 is 2.56 bits per heavy atom.